The fraction of sp³-hybridized carbons (Fsp3) is 1.00. The average Bonchev–Trinajstić information content (AvgIpc) is 2.23. The highest BCUT2D eigenvalue weighted by molar-refractivity contribution is 7.90. The number of halogens is 3. The maximum Gasteiger partial charge on any atom is 0.411 e. The SMILES string of the molecule is CCNCC(C)S(=O)(=O)NCCOCC(F)(F)F. The van der Waals surface area contributed by atoms with E-state index in [0.29, 0.717) is 6.54 Å². The molecule has 1 atom stereocenters. The van der Waals surface area contributed by atoms with Crippen LogP contribution in [0.15, 0.2) is 0 Å². The summed E-state index contributed by atoms with van der Waals surface area (Å²) in [6, 6.07) is 0. The van der Waals surface area contributed by atoms with Crippen molar-refractivity contribution in [3.8, 4) is 0 Å². The largest absolute Gasteiger partial charge is 0.411 e. The Balaban J connectivity index is 3.84. The molecule has 0 radical (unpaired) electrons. The maximum absolute atomic E-state index is 11.7. The summed E-state index contributed by atoms with van der Waals surface area (Å²) in [6.45, 7) is 2.44. The van der Waals surface area contributed by atoms with Crippen molar-refractivity contribution in [1.29, 1.82) is 0 Å². The zero-order valence-corrected chi connectivity index (χ0v) is 11.2. The first kappa shape index (κ1) is 17.6. The lowest BCUT2D eigenvalue weighted by Crippen LogP contribution is -2.40. The number of hydrogen-bond donors (Lipinski definition) is 2. The molecule has 0 spiro atoms. The highest BCUT2D eigenvalue weighted by Crippen LogP contribution is 2.13. The summed E-state index contributed by atoms with van der Waals surface area (Å²) in [7, 11) is -3.52. The summed E-state index contributed by atoms with van der Waals surface area (Å²) >= 11 is 0. The summed E-state index contributed by atoms with van der Waals surface area (Å²) < 4.78 is 64.8. The zero-order chi connectivity index (χ0) is 14.2. The minimum atomic E-state index is -4.39. The lowest BCUT2D eigenvalue weighted by molar-refractivity contribution is -0.173. The van der Waals surface area contributed by atoms with Crippen LogP contribution >= 0.6 is 0 Å². The van der Waals surface area contributed by atoms with E-state index >= 15 is 0 Å². The number of rotatable bonds is 9. The second-order valence-electron chi connectivity index (χ2n) is 3.73. The lowest BCUT2D eigenvalue weighted by atomic mass is 10.5. The first-order chi connectivity index (χ1) is 8.19. The van der Waals surface area contributed by atoms with Crippen LogP contribution in [0.2, 0.25) is 0 Å². The standard InChI is InChI=1S/C9H19F3N2O3S/c1-3-13-6-8(2)18(15,16)14-4-5-17-7-9(10,11)12/h8,13-14H,3-7H2,1-2H3. The fourth-order valence-electron chi connectivity index (χ4n) is 1.04. The predicted octanol–water partition coefficient (Wildman–Crippen LogP) is 0.483. The molecule has 0 rings (SSSR count). The van der Waals surface area contributed by atoms with Crippen molar-refractivity contribution in [2.75, 3.05) is 32.8 Å². The minimum Gasteiger partial charge on any atom is -0.371 e. The molecule has 0 heterocycles. The first-order valence-electron chi connectivity index (χ1n) is 5.52. The molecule has 0 aromatic heterocycles. The molecule has 0 aliphatic rings. The summed E-state index contributed by atoms with van der Waals surface area (Å²) in [4.78, 5) is 0. The molecule has 0 aromatic rings. The Morgan fingerprint density at radius 3 is 2.44 bits per heavy atom. The molecule has 0 saturated heterocycles. The van der Waals surface area contributed by atoms with Crippen LogP contribution in [0.4, 0.5) is 13.2 Å². The maximum atomic E-state index is 11.7. The van der Waals surface area contributed by atoms with Crippen LogP contribution in [0, 0.1) is 0 Å². The zero-order valence-electron chi connectivity index (χ0n) is 10.4. The molecule has 0 aliphatic heterocycles. The Morgan fingerprint density at radius 1 is 1.33 bits per heavy atom. The number of nitrogens with one attached hydrogen (secondary N) is 2. The minimum absolute atomic E-state index is 0.172. The second-order valence-corrected chi connectivity index (χ2v) is 5.91. The lowest BCUT2D eigenvalue weighted by Gasteiger charge is -2.14. The van der Waals surface area contributed by atoms with Crippen LogP contribution in [0.1, 0.15) is 13.8 Å². The van der Waals surface area contributed by atoms with E-state index < -0.39 is 28.1 Å². The molecule has 18 heavy (non-hydrogen) atoms. The molecule has 0 saturated carbocycles. The summed E-state index contributed by atoms with van der Waals surface area (Å²) in [5, 5.41) is 2.22. The molecule has 0 aromatic carbocycles. The van der Waals surface area contributed by atoms with Gasteiger partial charge in [-0.25, -0.2) is 13.1 Å². The van der Waals surface area contributed by atoms with Crippen molar-refractivity contribution in [2.45, 2.75) is 25.3 Å². The number of hydrogen-bond acceptors (Lipinski definition) is 4. The van der Waals surface area contributed by atoms with Crippen LogP contribution in [-0.4, -0.2) is 52.7 Å². The normalized spacial score (nSPS) is 14.7. The van der Waals surface area contributed by atoms with Gasteiger partial charge in [0.25, 0.3) is 0 Å². The molecule has 0 aliphatic carbocycles. The van der Waals surface area contributed by atoms with E-state index in [2.05, 4.69) is 14.8 Å². The molecule has 5 nitrogen and oxygen atoms in total. The quantitative estimate of drug-likeness (QED) is 0.607. The van der Waals surface area contributed by atoms with Gasteiger partial charge in [-0.3, -0.25) is 0 Å². The van der Waals surface area contributed by atoms with Gasteiger partial charge < -0.3 is 10.1 Å². The van der Waals surface area contributed by atoms with E-state index in [1.807, 2.05) is 6.92 Å². The van der Waals surface area contributed by atoms with Crippen LogP contribution in [0.5, 0.6) is 0 Å². The van der Waals surface area contributed by atoms with E-state index in [-0.39, 0.29) is 19.7 Å². The Kier molecular flexibility index (Phi) is 7.76. The molecular weight excluding hydrogens is 273 g/mol. The van der Waals surface area contributed by atoms with Crippen molar-refractivity contribution in [2.24, 2.45) is 0 Å². The fourth-order valence-corrected chi connectivity index (χ4v) is 2.03. The van der Waals surface area contributed by atoms with Crippen molar-refractivity contribution in [3.63, 3.8) is 0 Å². The van der Waals surface area contributed by atoms with Gasteiger partial charge >= 0.3 is 6.18 Å². The average molecular weight is 292 g/mol. The molecule has 110 valence electrons. The molecule has 0 fully saturated rings. The molecule has 1 unspecified atom stereocenters. The summed E-state index contributed by atoms with van der Waals surface area (Å²) in [5.41, 5.74) is 0. The van der Waals surface area contributed by atoms with Gasteiger partial charge in [0.2, 0.25) is 10.0 Å². The van der Waals surface area contributed by atoms with E-state index in [1.165, 1.54) is 6.92 Å². The van der Waals surface area contributed by atoms with Gasteiger partial charge in [-0.2, -0.15) is 13.2 Å². The predicted molar refractivity (Wildman–Crippen MR) is 61.8 cm³/mol. The van der Waals surface area contributed by atoms with Crippen LogP contribution in [0.3, 0.4) is 0 Å². The summed E-state index contributed by atoms with van der Waals surface area (Å²) in [6.07, 6.45) is -4.39. The Hall–Kier alpha value is -0.380. The Bertz CT molecular complexity index is 320. The van der Waals surface area contributed by atoms with Crippen LogP contribution < -0.4 is 10.0 Å². The van der Waals surface area contributed by atoms with Gasteiger partial charge in [0.15, 0.2) is 0 Å². The molecule has 9 heteroatoms. The highest BCUT2D eigenvalue weighted by atomic mass is 32.2. The number of sulfonamides is 1. The van der Waals surface area contributed by atoms with Gasteiger partial charge in [-0.15, -0.1) is 0 Å². The van der Waals surface area contributed by atoms with E-state index in [1.54, 1.807) is 0 Å². The monoisotopic (exact) mass is 292 g/mol. The van der Waals surface area contributed by atoms with Gasteiger partial charge in [0, 0.05) is 13.1 Å². The van der Waals surface area contributed by atoms with Gasteiger partial charge in [0.1, 0.15) is 6.61 Å². The van der Waals surface area contributed by atoms with E-state index in [9.17, 15) is 21.6 Å². The Labute approximate surface area is 105 Å². The van der Waals surface area contributed by atoms with E-state index in [4.69, 9.17) is 0 Å². The van der Waals surface area contributed by atoms with Gasteiger partial charge in [-0.05, 0) is 13.5 Å². The molecule has 0 bridgehead atoms. The van der Waals surface area contributed by atoms with Crippen molar-refractivity contribution in [1.82, 2.24) is 10.0 Å². The van der Waals surface area contributed by atoms with E-state index in [0.717, 1.165) is 0 Å². The van der Waals surface area contributed by atoms with Crippen LogP contribution in [0.25, 0.3) is 0 Å². The summed E-state index contributed by atoms with van der Waals surface area (Å²) in [5.74, 6) is 0. The third kappa shape index (κ3) is 8.67. The van der Waals surface area contributed by atoms with Crippen LogP contribution in [-0.2, 0) is 14.8 Å². The molecular formula is C9H19F3N2O3S. The third-order valence-corrected chi connectivity index (χ3v) is 3.86. The molecule has 2 N–H and O–H groups in total. The Morgan fingerprint density at radius 2 is 1.94 bits per heavy atom. The number of ether oxygens (including phenoxy) is 1. The van der Waals surface area contributed by atoms with Crippen molar-refractivity contribution in [3.05, 3.63) is 0 Å². The number of alkyl halides is 3. The highest BCUT2D eigenvalue weighted by Gasteiger charge is 2.27. The van der Waals surface area contributed by atoms with Gasteiger partial charge in [0.05, 0.1) is 11.9 Å². The van der Waals surface area contributed by atoms with Crippen molar-refractivity contribution < 1.29 is 26.3 Å². The van der Waals surface area contributed by atoms with Crippen molar-refractivity contribution >= 4 is 10.0 Å². The smallest absolute Gasteiger partial charge is 0.371 e. The van der Waals surface area contributed by atoms with Gasteiger partial charge in [-0.1, -0.05) is 6.92 Å². The topological polar surface area (TPSA) is 67.4 Å². The molecule has 0 amide bonds. The first-order valence-corrected chi connectivity index (χ1v) is 7.07. The third-order valence-electron chi connectivity index (χ3n) is 2.03. The second kappa shape index (κ2) is 7.93.